The molecule has 1 saturated heterocycles. The number of hydrogen-bond acceptors (Lipinski definition) is 3. The molecule has 0 spiro atoms. The molecule has 4 nitrogen and oxygen atoms in total. The van der Waals surface area contributed by atoms with E-state index in [9.17, 15) is 13.6 Å². The monoisotopic (exact) mass is 266 g/mol. The normalized spacial score (nSPS) is 16.3. The number of benzene rings is 1. The molecule has 0 saturated carbocycles. The van der Waals surface area contributed by atoms with Gasteiger partial charge in [0, 0.05) is 13.6 Å². The minimum absolute atomic E-state index is 0.0739. The number of nitriles is 1. The highest BCUT2D eigenvalue weighted by atomic mass is 19.2. The van der Waals surface area contributed by atoms with Crippen LogP contribution in [0, 0.1) is 28.4 Å². The Kier molecular flexibility index (Phi) is 3.49. The van der Waals surface area contributed by atoms with Crippen LogP contribution in [-0.4, -0.2) is 31.1 Å². The van der Waals surface area contributed by atoms with Crippen molar-refractivity contribution in [2.45, 2.75) is 6.54 Å². The topological polar surface area (TPSA) is 53.3 Å². The first-order valence-corrected chi connectivity index (χ1v) is 5.67. The molecular weight excluding hydrogens is 254 g/mol. The fourth-order valence-electron chi connectivity index (χ4n) is 1.89. The Labute approximate surface area is 109 Å². The Morgan fingerprint density at radius 2 is 2.16 bits per heavy atom. The Morgan fingerprint density at radius 1 is 1.47 bits per heavy atom. The van der Waals surface area contributed by atoms with Crippen molar-refractivity contribution in [1.29, 1.82) is 5.26 Å². The molecule has 0 atom stereocenters. The number of halogens is 2. The van der Waals surface area contributed by atoms with Gasteiger partial charge in [0.2, 0.25) is 5.91 Å². The molecule has 6 heteroatoms. The number of hydrogen-bond donors (Lipinski definition) is 0. The molecular formula is C13H12F2N2O2. The zero-order valence-corrected chi connectivity index (χ0v) is 10.3. The highest BCUT2D eigenvalue weighted by Gasteiger charge is 2.48. The summed E-state index contributed by atoms with van der Waals surface area (Å²) in [7, 11) is 1.51. The van der Waals surface area contributed by atoms with Gasteiger partial charge in [-0.1, -0.05) is 6.07 Å². The molecule has 0 aliphatic carbocycles. The van der Waals surface area contributed by atoms with Crippen LogP contribution in [0.5, 0.6) is 0 Å². The molecule has 2 rings (SSSR count). The van der Waals surface area contributed by atoms with Gasteiger partial charge in [-0.05, 0) is 17.7 Å². The van der Waals surface area contributed by atoms with Crippen LogP contribution in [-0.2, 0) is 16.1 Å². The van der Waals surface area contributed by atoms with E-state index in [1.807, 2.05) is 6.07 Å². The molecule has 1 fully saturated rings. The number of ether oxygens (including phenoxy) is 1. The molecule has 1 heterocycles. The predicted octanol–water partition coefficient (Wildman–Crippen LogP) is 1.46. The smallest absolute Gasteiger partial charge is 0.247 e. The van der Waals surface area contributed by atoms with Crippen LogP contribution in [0.2, 0.25) is 0 Å². The lowest BCUT2D eigenvalue weighted by atomic mass is 9.86. The lowest BCUT2D eigenvalue weighted by Gasteiger charge is -2.36. The van der Waals surface area contributed by atoms with Crippen molar-refractivity contribution in [3.05, 3.63) is 35.4 Å². The van der Waals surface area contributed by atoms with Gasteiger partial charge < -0.3 is 9.64 Å². The molecule has 1 aromatic rings. The molecule has 19 heavy (non-hydrogen) atoms. The fraction of sp³-hybridized carbons (Fsp3) is 0.385. The van der Waals surface area contributed by atoms with Gasteiger partial charge in [-0.15, -0.1) is 0 Å². The van der Waals surface area contributed by atoms with Crippen molar-refractivity contribution < 1.29 is 18.3 Å². The summed E-state index contributed by atoms with van der Waals surface area (Å²) in [4.78, 5) is 13.4. The van der Waals surface area contributed by atoms with Crippen molar-refractivity contribution in [3.63, 3.8) is 0 Å². The molecule has 1 amide bonds. The van der Waals surface area contributed by atoms with Crippen LogP contribution in [0.3, 0.4) is 0 Å². The van der Waals surface area contributed by atoms with Crippen LogP contribution in [0.15, 0.2) is 18.2 Å². The lowest BCUT2D eigenvalue weighted by Crippen LogP contribution is -2.53. The quantitative estimate of drug-likeness (QED) is 0.832. The van der Waals surface area contributed by atoms with E-state index in [-0.39, 0.29) is 25.7 Å². The van der Waals surface area contributed by atoms with Gasteiger partial charge >= 0.3 is 0 Å². The third-order valence-electron chi connectivity index (χ3n) is 3.07. The summed E-state index contributed by atoms with van der Waals surface area (Å²) in [5.74, 6) is -2.26. The van der Waals surface area contributed by atoms with Gasteiger partial charge in [0.25, 0.3) is 0 Å². The average Bonchev–Trinajstić information content (AvgIpc) is 2.33. The summed E-state index contributed by atoms with van der Waals surface area (Å²) in [6, 6.07) is 5.40. The zero-order valence-electron chi connectivity index (χ0n) is 10.3. The zero-order chi connectivity index (χ0) is 14.0. The highest BCUT2D eigenvalue weighted by molar-refractivity contribution is 5.86. The van der Waals surface area contributed by atoms with Crippen LogP contribution in [0.25, 0.3) is 0 Å². The highest BCUT2D eigenvalue weighted by Crippen LogP contribution is 2.29. The largest absolute Gasteiger partial charge is 0.377 e. The van der Waals surface area contributed by atoms with E-state index in [0.717, 1.165) is 12.1 Å². The maximum Gasteiger partial charge on any atom is 0.247 e. The number of rotatable bonds is 3. The van der Waals surface area contributed by atoms with Crippen LogP contribution in [0.1, 0.15) is 5.56 Å². The Hall–Kier alpha value is -2.00. The summed E-state index contributed by atoms with van der Waals surface area (Å²) in [5.41, 5.74) is -0.670. The van der Waals surface area contributed by atoms with Gasteiger partial charge in [-0.2, -0.15) is 5.26 Å². The second-order valence-corrected chi connectivity index (χ2v) is 4.60. The van der Waals surface area contributed by atoms with E-state index < -0.39 is 17.0 Å². The minimum atomic E-state index is -1.13. The van der Waals surface area contributed by atoms with Crippen molar-refractivity contribution in [2.75, 3.05) is 20.3 Å². The third-order valence-corrected chi connectivity index (χ3v) is 3.07. The number of carbonyl (C=O) groups is 1. The summed E-state index contributed by atoms with van der Waals surface area (Å²) in [6.45, 7) is 0.258. The van der Waals surface area contributed by atoms with E-state index in [4.69, 9.17) is 10.00 Å². The van der Waals surface area contributed by atoms with Crippen LogP contribution < -0.4 is 0 Å². The summed E-state index contributed by atoms with van der Waals surface area (Å²) in [6.07, 6.45) is 0. The Morgan fingerprint density at radius 3 is 2.63 bits per heavy atom. The van der Waals surface area contributed by atoms with E-state index in [1.54, 1.807) is 0 Å². The van der Waals surface area contributed by atoms with Gasteiger partial charge in [0.1, 0.15) is 0 Å². The number of amides is 1. The first-order valence-electron chi connectivity index (χ1n) is 5.67. The SMILES string of the molecule is CN(Cc1ccc(F)c(F)c1)C(=O)C1(C#N)COC1. The molecule has 1 aliphatic heterocycles. The van der Waals surface area contributed by atoms with Gasteiger partial charge in [-0.3, -0.25) is 4.79 Å². The standard InChI is InChI=1S/C13H12F2N2O2/c1-17(12(18)13(6-16)7-19-8-13)5-9-2-3-10(14)11(15)4-9/h2-4H,5,7-8H2,1H3. The summed E-state index contributed by atoms with van der Waals surface area (Å²) < 4.78 is 30.8. The maximum absolute atomic E-state index is 13.1. The second-order valence-electron chi connectivity index (χ2n) is 4.60. The van der Waals surface area contributed by atoms with Crippen molar-refractivity contribution in [3.8, 4) is 6.07 Å². The van der Waals surface area contributed by atoms with Crippen molar-refractivity contribution in [1.82, 2.24) is 4.90 Å². The van der Waals surface area contributed by atoms with Crippen molar-refractivity contribution >= 4 is 5.91 Å². The molecule has 1 aliphatic rings. The van der Waals surface area contributed by atoms with Gasteiger partial charge in [0.05, 0.1) is 19.3 Å². The molecule has 0 bridgehead atoms. The predicted molar refractivity (Wildman–Crippen MR) is 61.7 cm³/mol. The first-order chi connectivity index (χ1) is 8.98. The molecule has 0 unspecified atom stereocenters. The number of nitrogens with zero attached hydrogens (tertiary/aromatic N) is 2. The fourth-order valence-corrected chi connectivity index (χ4v) is 1.89. The lowest BCUT2D eigenvalue weighted by molar-refractivity contribution is -0.160. The van der Waals surface area contributed by atoms with Gasteiger partial charge in [0.15, 0.2) is 17.0 Å². The van der Waals surface area contributed by atoms with Gasteiger partial charge in [-0.25, -0.2) is 8.78 Å². The second kappa shape index (κ2) is 4.94. The van der Waals surface area contributed by atoms with Crippen LogP contribution in [0.4, 0.5) is 8.78 Å². The molecule has 0 radical (unpaired) electrons. The Bertz CT molecular complexity index is 550. The molecule has 0 aromatic heterocycles. The summed E-state index contributed by atoms with van der Waals surface area (Å²) >= 11 is 0. The van der Waals surface area contributed by atoms with Crippen LogP contribution >= 0.6 is 0 Å². The Balaban J connectivity index is 2.08. The molecule has 0 N–H and O–H groups in total. The molecule has 100 valence electrons. The van der Waals surface area contributed by atoms with E-state index in [2.05, 4.69) is 0 Å². The van der Waals surface area contributed by atoms with E-state index >= 15 is 0 Å². The molecule has 1 aromatic carbocycles. The van der Waals surface area contributed by atoms with E-state index in [1.165, 1.54) is 18.0 Å². The average molecular weight is 266 g/mol. The third kappa shape index (κ3) is 2.42. The maximum atomic E-state index is 13.1. The first kappa shape index (κ1) is 13.4. The summed E-state index contributed by atoms with van der Waals surface area (Å²) in [5, 5.41) is 9.02. The van der Waals surface area contributed by atoms with E-state index in [0.29, 0.717) is 5.56 Å². The van der Waals surface area contributed by atoms with Crippen molar-refractivity contribution in [2.24, 2.45) is 5.41 Å². The minimum Gasteiger partial charge on any atom is -0.377 e. The number of carbonyl (C=O) groups excluding carboxylic acids is 1.